The second-order valence-electron chi connectivity index (χ2n) is 24.9. The van der Waals surface area contributed by atoms with E-state index < -0.39 is 0 Å². The zero-order chi connectivity index (χ0) is 66.0. The summed E-state index contributed by atoms with van der Waals surface area (Å²) < 4.78 is 17.8. The Morgan fingerprint density at radius 2 is 0.530 bits per heavy atom. The van der Waals surface area contributed by atoms with E-state index in [1.54, 1.807) is 0 Å². The minimum Gasteiger partial charge on any atom is -0.456 e. The minimum absolute atomic E-state index is 0.572. The van der Waals surface area contributed by atoms with Crippen molar-refractivity contribution in [1.29, 1.82) is 0 Å². The van der Waals surface area contributed by atoms with E-state index >= 15 is 0 Å². The van der Waals surface area contributed by atoms with Crippen LogP contribution in [0.15, 0.2) is 349 Å². The molecule has 20 aromatic rings. The molecule has 468 valence electrons. The normalized spacial score (nSPS) is 11.6. The molecular weight excluding hydrogens is 1230 g/mol. The lowest BCUT2D eigenvalue weighted by Gasteiger charge is -2.08. The summed E-state index contributed by atoms with van der Waals surface area (Å²) in [4.78, 5) is 29.5. The largest absolute Gasteiger partial charge is 0.456 e. The van der Waals surface area contributed by atoms with Gasteiger partial charge in [-0.25, -0.2) is 29.9 Å². The third-order valence-corrected chi connectivity index (χ3v) is 18.9. The van der Waals surface area contributed by atoms with Gasteiger partial charge in [0.05, 0.1) is 27.6 Å². The Bertz CT molecular complexity index is 6390. The van der Waals surface area contributed by atoms with Gasteiger partial charge in [0.1, 0.15) is 22.3 Å². The maximum absolute atomic E-state index is 6.60. The summed E-state index contributed by atoms with van der Waals surface area (Å²) >= 11 is 0. The number of furan rings is 2. The Hall–Kier alpha value is -13.7. The SMILES string of the molecule is c1ccc(-c2nc(-c3ccccc3)nc(-c3ccc4c(c3)oc3cc(-c5ccc6c(c5)c5ccccc5n6-c5ccccc5)ccc34)n2)cc1.c1ccc(-c2nc(-c3ccccc3)nc(-c3cccc4c3oc3ccc(-c5ccc6c(c5)c5ccccc5n6-c5ccccc5)cc34)n2)cc1. The van der Waals surface area contributed by atoms with Gasteiger partial charge < -0.3 is 18.0 Å². The van der Waals surface area contributed by atoms with E-state index in [9.17, 15) is 0 Å². The fourth-order valence-corrected chi connectivity index (χ4v) is 14.1. The topological polar surface area (TPSA) is 113 Å². The summed E-state index contributed by atoms with van der Waals surface area (Å²) in [5, 5.41) is 9.10. The highest BCUT2D eigenvalue weighted by Crippen LogP contribution is 2.42. The standard InChI is InChI=1S/2C45H28N4O/c1-4-13-29(14-5-1)43-46-44(30-15-6-2-7-16-30)48-45(47-43)36-21-12-20-35-38-28-32(24-26-41(38)50-42(35)36)31-23-25-40-37(27-31)34-19-10-11-22-39(34)49(40)33-17-8-3-9-18-33;1-4-12-29(13-5-1)43-46-44(30-14-6-2-7-15-30)48-45(47-43)33-21-24-37-36-23-20-32(27-41(36)50-42(37)28-33)31-22-25-40-38(26-31)35-18-10-11-19-39(35)49(40)34-16-8-3-9-17-34/h2*1-28H. The second kappa shape index (κ2) is 24.2. The quantitative estimate of drug-likeness (QED) is 0.133. The zero-order valence-corrected chi connectivity index (χ0v) is 53.7. The fourth-order valence-electron chi connectivity index (χ4n) is 14.1. The van der Waals surface area contributed by atoms with Gasteiger partial charge in [0, 0.05) is 82.3 Å². The molecule has 10 heteroatoms. The molecule has 0 unspecified atom stereocenters. The van der Waals surface area contributed by atoms with Gasteiger partial charge in [0.15, 0.2) is 34.9 Å². The minimum atomic E-state index is 0.572. The van der Waals surface area contributed by atoms with Crippen molar-refractivity contribution < 1.29 is 8.83 Å². The van der Waals surface area contributed by atoms with E-state index in [4.69, 9.17) is 38.7 Å². The van der Waals surface area contributed by atoms with Crippen LogP contribution < -0.4 is 0 Å². The third-order valence-electron chi connectivity index (χ3n) is 18.9. The van der Waals surface area contributed by atoms with Crippen LogP contribution in [0.3, 0.4) is 0 Å². The lowest BCUT2D eigenvalue weighted by molar-refractivity contribution is 0.669. The monoisotopic (exact) mass is 1280 g/mol. The van der Waals surface area contributed by atoms with Crippen LogP contribution >= 0.6 is 0 Å². The molecule has 0 fully saturated rings. The van der Waals surface area contributed by atoms with Gasteiger partial charge in [-0.05, 0) is 125 Å². The molecule has 10 nitrogen and oxygen atoms in total. The van der Waals surface area contributed by atoms with Crippen LogP contribution in [-0.2, 0) is 0 Å². The van der Waals surface area contributed by atoms with Gasteiger partial charge in [0.25, 0.3) is 0 Å². The van der Waals surface area contributed by atoms with Crippen molar-refractivity contribution in [3.05, 3.63) is 340 Å². The van der Waals surface area contributed by atoms with Gasteiger partial charge in [-0.1, -0.05) is 237 Å². The molecule has 0 N–H and O–H groups in total. The number of hydrogen-bond donors (Lipinski definition) is 0. The van der Waals surface area contributed by atoms with Crippen molar-refractivity contribution >= 4 is 87.5 Å². The molecule has 6 heterocycles. The molecule has 0 aliphatic carbocycles. The summed E-state index contributed by atoms with van der Waals surface area (Å²) in [6.07, 6.45) is 0. The summed E-state index contributed by atoms with van der Waals surface area (Å²) in [6, 6.07) is 117. The molecule has 6 aromatic heterocycles. The smallest absolute Gasteiger partial charge is 0.167 e. The molecule has 0 atom stereocenters. The number of fused-ring (bicyclic) bond motifs is 12. The Kier molecular flexibility index (Phi) is 14.0. The van der Waals surface area contributed by atoms with Crippen molar-refractivity contribution in [2.45, 2.75) is 0 Å². The Labute approximate surface area is 573 Å². The summed E-state index contributed by atoms with van der Waals surface area (Å²) in [6.45, 7) is 0. The summed E-state index contributed by atoms with van der Waals surface area (Å²) in [5.74, 6) is 3.68. The fraction of sp³-hybridized carbons (Fsp3) is 0. The number of nitrogens with zero attached hydrogens (tertiary/aromatic N) is 8. The van der Waals surface area contributed by atoms with E-state index in [1.165, 1.54) is 43.6 Å². The molecule has 0 aliphatic heterocycles. The van der Waals surface area contributed by atoms with E-state index in [-0.39, 0.29) is 0 Å². The first-order valence-corrected chi connectivity index (χ1v) is 33.4. The highest BCUT2D eigenvalue weighted by atomic mass is 16.3. The van der Waals surface area contributed by atoms with E-state index in [0.717, 1.165) is 111 Å². The molecule has 100 heavy (non-hydrogen) atoms. The van der Waals surface area contributed by atoms with Crippen molar-refractivity contribution in [2.24, 2.45) is 0 Å². The molecule has 0 bridgehead atoms. The van der Waals surface area contributed by atoms with Crippen LogP contribution in [0.5, 0.6) is 0 Å². The van der Waals surface area contributed by atoms with Crippen LogP contribution in [0.1, 0.15) is 0 Å². The van der Waals surface area contributed by atoms with Crippen molar-refractivity contribution in [2.75, 3.05) is 0 Å². The number of benzene rings is 14. The molecule has 20 rings (SSSR count). The van der Waals surface area contributed by atoms with Gasteiger partial charge in [0.2, 0.25) is 0 Å². The number of para-hydroxylation sites is 5. The van der Waals surface area contributed by atoms with E-state index in [1.807, 2.05) is 133 Å². The van der Waals surface area contributed by atoms with E-state index in [0.29, 0.717) is 34.9 Å². The van der Waals surface area contributed by atoms with Crippen molar-refractivity contribution in [3.63, 3.8) is 0 Å². The van der Waals surface area contributed by atoms with Gasteiger partial charge in [-0.2, -0.15) is 0 Å². The maximum atomic E-state index is 6.60. The molecule has 0 amide bonds. The van der Waals surface area contributed by atoms with Crippen LogP contribution in [0.2, 0.25) is 0 Å². The summed E-state index contributed by atoms with van der Waals surface area (Å²) in [5.41, 5.74) is 20.2. The first kappa shape index (κ1) is 57.7. The average molecular weight is 1280 g/mol. The summed E-state index contributed by atoms with van der Waals surface area (Å²) in [7, 11) is 0. The number of hydrogen-bond acceptors (Lipinski definition) is 8. The molecule has 0 aliphatic rings. The molecule has 0 saturated carbocycles. The van der Waals surface area contributed by atoms with Gasteiger partial charge in [-0.3, -0.25) is 0 Å². The Morgan fingerprint density at radius 1 is 0.190 bits per heavy atom. The lowest BCUT2D eigenvalue weighted by Crippen LogP contribution is -2.00. The van der Waals surface area contributed by atoms with E-state index in [2.05, 4.69) is 215 Å². The van der Waals surface area contributed by atoms with Crippen LogP contribution in [0.4, 0.5) is 0 Å². The molecule has 0 saturated heterocycles. The molecule has 0 radical (unpaired) electrons. The number of aromatic nitrogens is 8. The molecular formula is C90H56N8O2. The van der Waals surface area contributed by atoms with Crippen LogP contribution in [0, 0.1) is 0 Å². The molecule has 0 spiro atoms. The first-order chi connectivity index (χ1) is 49.5. The van der Waals surface area contributed by atoms with Gasteiger partial charge in [-0.15, -0.1) is 0 Å². The highest BCUT2D eigenvalue weighted by Gasteiger charge is 2.22. The lowest BCUT2D eigenvalue weighted by atomic mass is 10.00. The highest BCUT2D eigenvalue weighted by molar-refractivity contribution is 6.14. The average Bonchev–Trinajstić information content (AvgIpc) is 1.61. The van der Waals surface area contributed by atoms with Crippen LogP contribution in [-0.4, -0.2) is 39.0 Å². The van der Waals surface area contributed by atoms with Gasteiger partial charge >= 0.3 is 0 Å². The second-order valence-corrected chi connectivity index (χ2v) is 24.9. The predicted molar refractivity (Wildman–Crippen MR) is 406 cm³/mol. The first-order valence-electron chi connectivity index (χ1n) is 33.4. The Morgan fingerprint density at radius 3 is 1.00 bits per heavy atom. The predicted octanol–water partition coefficient (Wildman–Crippen LogP) is 23.1. The van der Waals surface area contributed by atoms with Crippen LogP contribution in [0.25, 0.3) is 189 Å². The molecule has 14 aromatic carbocycles. The Balaban J connectivity index is 0.000000139. The van der Waals surface area contributed by atoms with Crippen molar-refractivity contribution in [1.82, 2.24) is 39.0 Å². The third kappa shape index (κ3) is 10.2. The maximum Gasteiger partial charge on any atom is 0.167 e. The zero-order valence-electron chi connectivity index (χ0n) is 53.7. The van der Waals surface area contributed by atoms with Crippen molar-refractivity contribution in [3.8, 4) is 102 Å². The number of rotatable bonds is 10.